The van der Waals surface area contributed by atoms with E-state index in [1.54, 1.807) is 31.3 Å². The van der Waals surface area contributed by atoms with Gasteiger partial charge in [-0.2, -0.15) is 0 Å². The van der Waals surface area contributed by atoms with Gasteiger partial charge in [0, 0.05) is 17.1 Å². The normalized spacial score (nSPS) is 13.6. The molecule has 17 heavy (non-hydrogen) atoms. The summed E-state index contributed by atoms with van der Waals surface area (Å²) in [6.07, 6.45) is 0.417. The molecule has 0 saturated carbocycles. The number of halogens is 1. The van der Waals surface area contributed by atoms with Crippen molar-refractivity contribution in [3.63, 3.8) is 0 Å². The average Bonchev–Trinajstić information content (AvgIpc) is 2.28. The Morgan fingerprint density at radius 1 is 1.41 bits per heavy atom. The summed E-state index contributed by atoms with van der Waals surface area (Å²) in [6, 6.07) is 6.50. The fourth-order valence-corrected chi connectivity index (χ4v) is 4.24. The number of benzene rings is 1. The third kappa shape index (κ3) is 4.06. The fourth-order valence-electron chi connectivity index (χ4n) is 1.52. The van der Waals surface area contributed by atoms with E-state index in [0.29, 0.717) is 10.9 Å². The Kier molecular flexibility index (Phi) is 5.58. The topological polar surface area (TPSA) is 66.4 Å². The van der Waals surface area contributed by atoms with Crippen LogP contribution in [0.4, 0.5) is 0 Å². The summed E-state index contributed by atoms with van der Waals surface area (Å²) in [5, 5.41) is 11.7. The number of aliphatic hydroxyl groups excluding tert-OH is 1. The predicted octanol–water partition coefficient (Wildman–Crippen LogP) is 1.19. The van der Waals surface area contributed by atoms with Crippen LogP contribution in [0.1, 0.15) is 6.42 Å². The number of sulfone groups is 1. The lowest BCUT2D eigenvalue weighted by Gasteiger charge is -2.15. The van der Waals surface area contributed by atoms with Gasteiger partial charge in [-0.05, 0) is 41.5 Å². The van der Waals surface area contributed by atoms with Gasteiger partial charge >= 0.3 is 0 Å². The molecule has 0 amide bonds. The lowest BCUT2D eigenvalue weighted by atomic mass is 10.2. The lowest BCUT2D eigenvalue weighted by molar-refractivity contribution is 0.272. The Morgan fingerprint density at radius 3 is 2.59 bits per heavy atom. The highest BCUT2D eigenvalue weighted by molar-refractivity contribution is 9.10. The van der Waals surface area contributed by atoms with Crippen LogP contribution < -0.4 is 5.32 Å². The first-order valence-corrected chi connectivity index (χ1v) is 7.71. The summed E-state index contributed by atoms with van der Waals surface area (Å²) >= 11 is 3.23. The quantitative estimate of drug-likeness (QED) is 0.826. The second kappa shape index (κ2) is 6.49. The predicted molar refractivity (Wildman–Crippen MR) is 70.7 cm³/mol. The van der Waals surface area contributed by atoms with Crippen molar-refractivity contribution in [2.24, 2.45) is 0 Å². The Labute approximate surface area is 110 Å². The van der Waals surface area contributed by atoms with Gasteiger partial charge in [-0.3, -0.25) is 0 Å². The van der Waals surface area contributed by atoms with E-state index < -0.39 is 9.84 Å². The van der Waals surface area contributed by atoms with Crippen molar-refractivity contribution in [2.75, 3.05) is 19.4 Å². The highest BCUT2D eigenvalue weighted by atomic mass is 79.9. The molecule has 1 atom stereocenters. The molecule has 6 heteroatoms. The second-order valence-electron chi connectivity index (χ2n) is 3.71. The maximum absolute atomic E-state index is 12.1. The van der Waals surface area contributed by atoms with Gasteiger partial charge in [0.1, 0.15) is 0 Å². The number of hydrogen-bond acceptors (Lipinski definition) is 4. The van der Waals surface area contributed by atoms with Crippen molar-refractivity contribution in [3.8, 4) is 0 Å². The summed E-state index contributed by atoms with van der Waals surface area (Å²) in [5.74, 6) is -0.0212. The van der Waals surface area contributed by atoms with Crippen LogP contribution in [-0.4, -0.2) is 39.0 Å². The zero-order valence-corrected chi connectivity index (χ0v) is 12.0. The largest absolute Gasteiger partial charge is 0.396 e. The molecule has 0 saturated heterocycles. The molecule has 0 radical (unpaired) electrons. The average molecular weight is 322 g/mol. The standard InChI is InChI=1S/C11H16BrNO3S/c1-13-9(6-7-14)8-17(15,16)11-5-3-2-4-10(11)12/h2-5,9,13-14H,6-8H2,1H3. The molecule has 1 unspecified atom stereocenters. The number of hydrogen-bond donors (Lipinski definition) is 2. The highest BCUT2D eigenvalue weighted by Gasteiger charge is 2.21. The van der Waals surface area contributed by atoms with Gasteiger partial charge in [-0.1, -0.05) is 12.1 Å². The van der Waals surface area contributed by atoms with E-state index in [1.165, 1.54) is 0 Å². The Bertz CT molecular complexity index is 462. The van der Waals surface area contributed by atoms with Crippen molar-refractivity contribution >= 4 is 25.8 Å². The third-order valence-corrected chi connectivity index (χ3v) is 5.30. The van der Waals surface area contributed by atoms with Crippen LogP contribution in [0.5, 0.6) is 0 Å². The van der Waals surface area contributed by atoms with E-state index in [9.17, 15) is 8.42 Å². The smallest absolute Gasteiger partial charge is 0.181 e. The van der Waals surface area contributed by atoms with Crippen molar-refractivity contribution < 1.29 is 13.5 Å². The van der Waals surface area contributed by atoms with Crippen LogP contribution in [0.15, 0.2) is 33.6 Å². The molecule has 1 aromatic carbocycles. The first-order chi connectivity index (χ1) is 8.01. The molecule has 96 valence electrons. The van der Waals surface area contributed by atoms with Gasteiger partial charge in [-0.25, -0.2) is 8.42 Å². The van der Waals surface area contributed by atoms with Crippen molar-refractivity contribution in [1.82, 2.24) is 5.32 Å². The fraction of sp³-hybridized carbons (Fsp3) is 0.455. The zero-order valence-electron chi connectivity index (χ0n) is 9.56. The summed E-state index contributed by atoms with van der Waals surface area (Å²) in [4.78, 5) is 0.290. The molecule has 0 spiro atoms. The van der Waals surface area contributed by atoms with Crippen molar-refractivity contribution in [2.45, 2.75) is 17.4 Å². The molecule has 0 heterocycles. The van der Waals surface area contributed by atoms with Crippen LogP contribution in [0.25, 0.3) is 0 Å². The Balaban J connectivity index is 2.92. The Hall–Kier alpha value is -0.430. The first kappa shape index (κ1) is 14.6. The molecule has 0 aliphatic carbocycles. The maximum Gasteiger partial charge on any atom is 0.181 e. The third-order valence-electron chi connectivity index (χ3n) is 2.48. The number of nitrogens with one attached hydrogen (secondary N) is 1. The molecule has 4 nitrogen and oxygen atoms in total. The lowest BCUT2D eigenvalue weighted by Crippen LogP contribution is -2.34. The SMILES string of the molecule is CNC(CCO)CS(=O)(=O)c1ccccc1Br. The van der Waals surface area contributed by atoms with Crippen LogP contribution in [0.2, 0.25) is 0 Å². The van der Waals surface area contributed by atoms with Crippen LogP contribution in [0.3, 0.4) is 0 Å². The molecule has 1 aromatic rings. The van der Waals surface area contributed by atoms with Gasteiger partial charge in [-0.15, -0.1) is 0 Å². The highest BCUT2D eigenvalue weighted by Crippen LogP contribution is 2.22. The second-order valence-corrected chi connectivity index (χ2v) is 6.57. The first-order valence-electron chi connectivity index (χ1n) is 5.26. The van der Waals surface area contributed by atoms with Gasteiger partial charge in [0.25, 0.3) is 0 Å². The van der Waals surface area contributed by atoms with E-state index >= 15 is 0 Å². The number of rotatable bonds is 6. The Morgan fingerprint density at radius 2 is 2.06 bits per heavy atom. The minimum atomic E-state index is -3.34. The van der Waals surface area contributed by atoms with Crippen LogP contribution >= 0.6 is 15.9 Å². The molecule has 2 N–H and O–H groups in total. The van der Waals surface area contributed by atoms with Crippen molar-refractivity contribution in [1.29, 1.82) is 0 Å². The van der Waals surface area contributed by atoms with Crippen LogP contribution in [-0.2, 0) is 9.84 Å². The summed E-state index contributed by atoms with van der Waals surface area (Å²) in [7, 11) is -1.65. The van der Waals surface area contributed by atoms with Crippen LogP contribution in [0, 0.1) is 0 Å². The van der Waals surface area contributed by atoms with E-state index in [-0.39, 0.29) is 23.3 Å². The van der Waals surface area contributed by atoms with Gasteiger partial charge in [0.15, 0.2) is 9.84 Å². The summed E-state index contributed by atoms with van der Waals surface area (Å²) in [6.45, 7) is -0.0308. The van der Waals surface area contributed by atoms with E-state index in [0.717, 1.165) is 0 Å². The molecule has 0 fully saturated rings. The van der Waals surface area contributed by atoms with E-state index in [1.807, 2.05) is 0 Å². The molecule has 0 aliphatic rings. The molecular weight excluding hydrogens is 306 g/mol. The zero-order chi connectivity index (χ0) is 12.9. The van der Waals surface area contributed by atoms with Gasteiger partial charge < -0.3 is 10.4 Å². The summed E-state index contributed by atoms with van der Waals surface area (Å²) < 4.78 is 24.9. The molecule has 0 bridgehead atoms. The molecular formula is C11H16BrNO3S. The molecule has 1 rings (SSSR count). The summed E-state index contributed by atoms with van der Waals surface area (Å²) in [5.41, 5.74) is 0. The van der Waals surface area contributed by atoms with Gasteiger partial charge in [0.05, 0.1) is 10.6 Å². The van der Waals surface area contributed by atoms with Gasteiger partial charge in [0.2, 0.25) is 0 Å². The monoisotopic (exact) mass is 321 g/mol. The molecule has 0 aliphatic heterocycles. The maximum atomic E-state index is 12.1. The minimum Gasteiger partial charge on any atom is -0.396 e. The minimum absolute atomic E-state index is 0.0212. The van der Waals surface area contributed by atoms with E-state index in [2.05, 4.69) is 21.2 Å². The van der Waals surface area contributed by atoms with E-state index in [4.69, 9.17) is 5.11 Å². The molecule has 0 aromatic heterocycles. The van der Waals surface area contributed by atoms with Crippen molar-refractivity contribution in [3.05, 3.63) is 28.7 Å². The number of aliphatic hydroxyl groups is 1.